The Morgan fingerprint density at radius 1 is 1.52 bits per heavy atom. The van der Waals surface area contributed by atoms with Crippen molar-refractivity contribution < 1.29 is 9.53 Å². The zero-order valence-corrected chi connectivity index (χ0v) is 13.7. The molecule has 6 nitrogen and oxygen atoms in total. The van der Waals surface area contributed by atoms with Crippen LogP contribution in [0.15, 0.2) is 12.4 Å². The third-order valence-electron chi connectivity index (χ3n) is 3.76. The van der Waals surface area contributed by atoms with Crippen molar-refractivity contribution in [3.05, 3.63) is 18.2 Å². The van der Waals surface area contributed by atoms with Gasteiger partial charge in [0.25, 0.3) is 0 Å². The Hall–Kier alpha value is -1.56. The molecule has 1 aromatic rings. The summed E-state index contributed by atoms with van der Waals surface area (Å²) in [6.07, 6.45) is 4.50. The van der Waals surface area contributed by atoms with Crippen LogP contribution in [0.2, 0.25) is 0 Å². The fraction of sp³-hybridized carbons (Fsp3) is 0.733. The van der Waals surface area contributed by atoms with Crippen LogP contribution in [0, 0.1) is 0 Å². The van der Waals surface area contributed by atoms with Gasteiger partial charge in [-0.3, -0.25) is 4.90 Å². The minimum absolute atomic E-state index is 0.208. The van der Waals surface area contributed by atoms with Gasteiger partial charge in [0.2, 0.25) is 0 Å². The van der Waals surface area contributed by atoms with Crippen LogP contribution in [0.3, 0.4) is 0 Å². The Morgan fingerprint density at radius 2 is 2.24 bits per heavy atom. The lowest BCUT2D eigenvalue weighted by atomic mass is 10.2. The smallest absolute Gasteiger partial charge is 0.410 e. The summed E-state index contributed by atoms with van der Waals surface area (Å²) in [5.74, 6) is 1.05. The van der Waals surface area contributed by atoms with Gasteiger partial charge in [-0.05, 0) is 27.2 Å². The third-order valence-corrected chi connectivity index (χ3v) is 3.76. The summed E-state index contributed by atoms with van der Waals surface area (Å²) in [6, 6.07) is 0.208. The molecular formula is C15H26N4O2. The minimum atomic E-state index is -0.448. The second-order valence-corrected chi connectivity index (χ2v) is 6.72. The number of imidazole rings is 1. The van der Waals surface area contributed by atoms with Gasteiger partial charge in [-0.1, -0.05) is 0 Å². The van der Waals surface area contributed by atoms with Gasteiger partial charge < -0.3 is 14.2 Å². The molecule has 1 aromatic heterocycles. The summed E-state index contributed by atoms with van der Waals surface area (Å²) in [6.45, 7) is 8.33. The lowest BCUT2D eigenvalue weighted by Crippen LogP contribution is -2.42. The number of nitrogens with zero attached hydrogens (tertiary/aromatic N) is 4. The van der Waals surface area contributed by atoms with E-state index in [1.807, 2.05) is 51.8 Å². The van der Waals surface area contributed by atoms with Crippen LogP contribution in [0.5, 0.6) is 0 Å². The number of aromatic nitrogens is 2. The number of ether oxygens (including phenoxy) is 1. The van der Waals surface area contributed by atoms with Crippen LogP contribution in [0.25, 0.3) is 0 Å². The van der Waals surface area contributed by atoms with E-state index in [1.165, 1.54) is 0 Å². The Bertz CT molecular complexity index is 492. The van der Waals surface area contributed by atoms with Gasteiger partial charge in [-0.2, -0.15) is 0 Å². The number of likely N-dealkylation sites (N-methyl/N-ethyl adjacent to an activating group) is 1. The summed E-state index contributed by atoms with van der Waals surface area (Å²) in [4.78, 5) is 20.5. The summed E-state index contributed by atoms with van der Waals surface area (Å²) < 4.78 is 7.46. The highest BCUT2D eigenvalue weighted by Crippen LogP contribution is 2.19. The lowest BCUT2D eigenvalue weighted by molar-refractivity contribution is 0.0228. The summed E-state index contributed by atoms with van der Waals surface area (Å²) in [5.41, 5.74) is -0.448. The maximum absolute atomic E-state index is 12.1. The molecule has 2 rings (SSSR count). The zero-order chi connectivity index (χ0) is 15.6. The molecule has 1 aliphatic heterocycles. The highest BCUT2D eigenvalue weighted by atomic mass is 16.6. The first-order valence-electron chi connectivity index (χ1n) is 7.40. The summed E-state index contributed by atoms with van der Waals surface area (Å²) >= 11 is 0. The van der Waals surface area contributed by atoms with E-state index in [0.29, 0.717) is 0 Å². The first-order valence-corrected chi connectivity index (χ1v) is 7.40. The maximum atomic E-state index is 12.1. The molecule has 0 aliphatic carbocycles. The van der Waals surface area contributed by atoms with Crippen LogP contribution >= 0.6 is 0 Å². The Balaban J connectivity index is 1.87. The predicted octanol–water partition coefficient (Wildman–Crippen LogP) is 1.86. The zero-order valence-electron chi connectivity index (χ0n) is 13.7. The lowest BCUT2D eigenvalue weighted by Gasteiger charge is -2.28. The molecule has 1 aliphatic rings. The van der Waals surface area contributed by atoms with Crippen molar-refractivity contribution in [3.63, 3.8) is 0 Å². The number of carbonyl (C=O) groups is 1. The van der Waals surface area contributed by atoms with Gasteiger partial charge in [0.15, 0.2) is 0 Å². The quantitative estimate of drug-likeness (QED) is 0.854. The van der Waals surface area contributed by atoms with E-state index >= 15 is 0 Å². The number of carbonyl (C=O) groups excluding carboxylic acids is 1. The Morgan fingerprint density at radius 3 is 2.81 bits per heavy atom. The molecule has 1 amide bonds. The van der Waals surface area contributed by atoms with Crippen LogP contribution in [0.1, 0.15) is 33.0 Å². The van der Waals surface area contributed by atoms with E-state index < -0.39 is 5.60 Å². The molecule has 0 unspecified atom stereocenters. The van der Waals surface area contributed by atoms with E-state index in [1.54, 1.807) is 4.90 Å². The van der Waals surface area contributed by atoms with E-state index in [0.717, 1.165) is 31.9 Å². The van der Waals surface area contributed by atoms with Crippen molar-refractivity contribution >= 4 is 6.09 Å². The van der Waals surface area contributed by atoms with Gasteiger partial charge in [0, 0.05) is 45.6 Å². The van der Waals surface area contributed by atoms with Gasteiger partial charge in [-0.25, -0.2) is 9.78 Å². The largest absolute Gasteiger partial charge is 0.444 e. The molecule has 0 spiro atoms. The molecule has 1 fully saturated rings. The topological polar surface area (TPSA) is 50.6 Å². The van der Waals surface area contributed by atoms with Gasteiger partial charge in [-0.15, -0.1) is 0 Å². The summed E-state index contributed by atoms with van der Waals surface area (Å²) in [5, 5.41) is 0. The fourth-order valence-electron chi connectivity index (χ4n) is 2.50. The predicted molar refractivity (Wildman–Crippen MR) is 80.9 cm³/mol. The number of rotatable bonds is 3. The second kappa shape index (κ2) is 6.05. The van der Waals surface area contributed by atoms with Crippen molar-refractivity contribution in [1.29, 1.82) is 0 Å². The Labute approximate surface area is 126 Å². The molecular weight excluding hydrogens is 268 g/mol. The van der Waals surface area contributed by atoms with Crippen molar-refractivity contribution in [3.8, 4) is 0 Å². The van der Waals surface area contributed by atoms with Crippen molar-refractivity contribution in [2.75, 3.05) is 20.1 Å². The van der Waals surface area contributed by atoms with Gasteiger partial charge in [0.1, 0.15) is 11.4 Å². The third kappa shape index (κ3) is 4.20. The molecule has 0 bridgehead atoms. The van der Waals surface area contributed by atoms with Crippen LogP contribution in [0.4, 0.5) is 4.79 Å². The average Bonchev–Trinajstić information content (AvgIpc) is 2.97. The Kier molecular flexibility index (Phi) is 4.56. The van der Waals surface area contributed by atoms with E-state index in [9.17, 15) is 4.79 Å². The van der Waals surface area contributed by atoms with Crippen molar-refractivity contribution in [1.82, 2.24) is 19.4 Å². The SMILES string of the molecule is CN(C(=O)OC(C)(C)C)[C@@H]1CCN(Cc2nccn2C)C1. The second-order valence-electron chi connectivity index (χ2n) is 6.72. The average molecular weight is 294 g/mol. The molecule has 0 radical (unpaired) electrons. The van der Waals surface area contributed by atoms with Crippen LogP contribution < -0.4 is 0 Å². The monoisotopic (exact) mass is 294 g/mol. The first kappa shape index (κ1) is 15.8. The van der Waals surface area contributed by atoms with Gasteiger partial charge in [0.05, 0.1) is 6.54 Å². The van der Waals surface area contributed by atoms with E-state index in [2.05, 4.69) is 9.88 Å². The molecule has 118 valence electrons. The first-order chi connectivity index (χ1) is 9.76. The summed E-state index contributed by atoms with van der Waals surface area (Å²) in [7, 11) is 3.83. The van der Waals surface area contributed by atoms with E-state index in [-0.39, 0.29) is 12.1 Å². The van der Waals surface area contributed by atoms with Gasteiger partial charge >= 0.3 is 6.09 Å². The number of hydrogen-bond acceptors (Lipinski definition) is 4. The molecule has 21 heavy (non-hydrogen) atoms. The minimum Gasteiger partial charge on any atom is -0.444 e. The molecule has 2 heterocycles. The van der Waals surface area contributed by atoms with E-state index in [4.69, 9.17) is 4.74 Å². The molecule has 6 heteroatoms. The van der Waals surface area contributed by atoms with Crippen molar-refractivity contribution in [2.24, 2.45) is 7.05 Å². The molecule has 0 saturated carbocycles. The van der Waals surface area contributed by atoms with Crippen LogP contribution in [-0.2, 0) is 18.3 Å². The highest BCUT2D eigenvalue weighted by molar-refractivity contribution is 5.68. The molecule has 0 aromatic carbocycles. The van der Waals surface area contributed by atoms with Crippen LogP contribution in [-0.4, -0.2) is 57.2 Å². The highest BCUT2D eigenvalue weighted by Gasteiger charge is 2.31. The number of amides is 1. The normalized spacial score (nSPS) is 19.8. The fourth-order valence-corrected chi connectivity index (χ4v) is 2.50. The number of likely N-dealkylation sites (tertiary alicyclic amines) is 1. The molecule has 1 saturated heterocycles. The number of aryl methyl sites for hydroxylation is 1. The standard InChI is InChI=1S/C15H26N4O2/c1-15(2,3)21-14(20)18(5)12-6-8-19(10-12)11-13-16-7-9-17(13)4/h7,9,12H,6,8,10-11H2,1-5H3/t12-/m1/s1. The van der Waals surface area contributed by atoms with Crippen molar-refractivity contribution in [2.45, 2.75) is 45.4 Å². The molecule has 0 N–H and O–H groups in total. The number of hydrogen-bond donors (Lipinski definition) is 0. The maximum Gasteiger partial charge on any atom is 0.410 e. The molecule has 1 atom stereocenters.